The minimum atomic E-state index is 0.257. The number of nitrogens with one attached hydrogen (secondary N) is 1. The smallest absolute Gasteiger partial charge is 0.0340 e. The molecule has 0 radical (unpaired) electrons. The van der Waals surface area contributed by atoms with Crippen molar-refractivity contribution in [3.8, 4) is 0 Å². The van der Waals surface area contributed by atoms with Crippen molar-refractivity contribution in [3.05, 3.63) is 29.8 Å². The number of rotatable bonds is 11. The Morgan fingerprint density at radius 1 is 1.10 bits per heavy atom. The average Bonchev–Trinajstić information content (AvgIpc) is 2.53. The van der Waals surface area contributed by atoms with Crippen LogP contribution in [0.1, 0.15) is 45.6 Å². The standard InChI is InChI=1S/C18H33N3/c1-4-7-8-17(19)15-20-18-11-9-16(10-12-18)13-14-21(5-2)6-3/h9-12,17,20H,4-8,13-15,19H2,1-3H3. The van der Waals surface area contributed by atoms with E-state index < -0.39 is 0 Å². The van der Waals surface area contributed by atoms with Crippen LogP contribution in [0.25, 0.3) is 0 Å². The SMILES string of the molecule is CCCCC(N)CNc1ccc(CCN(CC)CC)cc1. The molecule has 3 nitrogen and oxygen atoms in total. The minimum absolute atomic E-state index is 0.257. The summed E-state index contributed by atoms with van der Waals surface area (Å²) in [6.45, 7) is 10.9. The summed E-state index contributed by atoms with van der Waals surface area (Å²) in [7, 11) is 0. The molecule has 1 rings (SSSR count). The topological polar surface area (TPSA) is 41.3 Å². The van der Waals surface area contributed by atoms with Gasteiger partial charge in [-0.15, -0.1) is 0 Å². The maximum atomic E-state index is 6.08. The van der Waals surface area contributed by atoms with Crippen LogP contribution in [-0.4, -0.2) is 37.1 Å². The molecule has 0 amide bonds. The summed E-state index contributed by atoms with van der Waals surface area (Å²) < 4.78 is 0. The van der Waals surface area contributed by atoms with Gasteiger partial charge >= 0.3 is 0 Å². The highest BCUT2D eigenvalue weighted by atomic mass is 15.1. The molecule has 1 atom stereocenters. The first kappa shape index (κ1) is 18.0. The van der Waals surface area contributed by atoms with E-state index in [-0.39, 0.29) is 6.04 Å². The van der Waals surface area contributed by atoms with Gasteiger partial charge in [0, 0.05) is 24.8 Å². The van der Waals surface area contributed by atoms with E-state index in [2.05, 4.69) is 55.3 Å². The quantitative estimate of drug-likeness (QED) is 0.655. The van der Waals surface area contributed by atoms with Gasteiger partial charge in [0.2, 0.25) is 0 Å². The molecule has 1 unspecified atom stereocenters. The number of anilines is 1. The van der Waals surface area contributed by atoms with E-state index >= 15 is 0 Å². The minimum Gasteiger partial charge on any atom is -0.383 e. The normalized spacial score (nSPS) is 12.6. The molecule has 0 spiro atoms. The molecule has 0 aliphatic heterocycles. The van der Waals surface area contributed by atoms with Gasteiger partial charge in [-0.05, 0) is 43.6 Å². The van der Waals surface area contributed by atoms with Gasteiger partial charge in [-0.25, -0.2) is 0 Å². The average molecular weight is 291 g/mol. The third-order valence-electron chi connectivity index (χ3n) is 4.06. The van der Waals surface area contributed by atoms with Gasteiger partial charge in [0.1, 0.15) is 0 Å². The highest BCUT2D eigenvalue weighted by Crippen LogP contribution is 2.11. The fourth-order valence-electron chi connectivity index (χ4n) is 2.43. The number of likely N-dealkylation sites (N-methyl/N-ethyl adjacent to an activating group) is 1. The molecule has 3 N–H and O–H groups in total. The zero-order valence-electron chi connectivity index (χ0n) is 14.1. The Morgan fingerprint density at radius 3 is 2.33 bits per heavy atom. The van der Waals surface area contributed by atoms with Crippen LogP contribution in [0.4, 0.5) is 5.69 Å². The Kier molecular flexibility index (Phi) is 9.11. The molecule has 0 aliphatic rings. The zero-order chi connectivity index (χ0) is 15.5. The van der Waals surface area contributed by atoms with E-state index in [4.69, 9.17) is 5.73 Å². The number of nitrogens with zero attached hydrogens (tertiary/aromatic N) is 1. The Balaban J connectivity index is 2.33. The predicted molar refractivity (Wildman–Crippen MR) is 93.9 cm³/mol. The van der Waals surface area contributed by atoms with Crippen LogP contribution in [0, 0.1) is 0 Å². The van der Waals surface area contributed by atoms with Crippen LogP contribution in [-0.2, 0) is 6.42 Å². The summed E-state index contributed by atoms with van der Waals surface area (Å²) in [5.74, 6) is 0. The van der Waals surface area contributed by atoms with Crippen LogP contribution < -0.4 is 11.1 Å². The number of hydrogen-bond acceptors (Lipinski definition) is 3. The first-order chi connectivity index (χ1) is 10.2. The molecule has 1 aromatic rings. The molecule has 0 bridgehead atoms. The van der Waals surface area contributed by atoms with Crippen molar-refractivity contribution in [2.24, 2.45) is 5.73 Å². The fourth-order valence-corrected chi connectivity index (χ4v) is 2.43. The van der Waals surface area contributed by atoms with Gasteiger partial charge in [0.15, 0.2) is 0 Å². The van der Waals surface area contributed by atoms with Gasteiger partial charge in [-0.3, -0.25) is 0 Å². The molecule has 120 valence electrons. The Morgan fingerprint density at radius 2 is 1.76 bits per heavy atom. The molecular weight excluding hydrogens is 258 g/mol. The molecule has 0 fully saturated rings. The van der Waals surface area contributed by atoms with E-state index in [0.717, 1.165) is 39.0 Å². The van der Waals surface area contributed by atoms with E-state index in [9.17, 15) is 0 Å². The van der Waals surface area contributed by atoms with Crippen LogP contribution in [0.15, 0.2) is 24.3 Å². The van der Waals surface area contributed by atoms with Crippen LogP contribution in [0.3, 0.4) is 0 Å². The number of benzene rings is 1. The van der Waals surface area contributed by atoms with Crippen LogP contribution in [0.5, 0.6) is 0 Å². The van der Waals surface area contributed by atoms with E-state index in [1.165, 1.54) is 24.1 Å². The van der Waals surface area contributed by atoms with Crippen LogP contribution >= 0.6 is 0 Å². The zero-order valence-corrected chi connectivity index (χ0v) is 14.1. The fraction of sp³-hybridized carbons (Fsp3) is 0.667. The second kappa shape index (κ2) is 10.6. The third kappa shape index (κ3) is 7.49. The largest absolute Gasteiger partial charge is 0.383 e. The lowest BCUT2D eigenvalue weighted by Gasteiger charge is -2.18. The van der Waals surface area contributed by atoms with Crippen molar-refractivity contribution < 1.29 is 0 Å². The molecule has 21 heavy (non-hydrogen) atoms. The number of unbranched alkanes of at least 4 members (excludes halogenated alkanes) is 1. The molecule has 1 aromatic carbocycles. The van der Waals surface area contributed by atoms with Gasteiger partial charge in [0.25, 0.3) is 0 Å². The lowest BCUT2D eigenvalue weighted by Crippen LogP contribution is -2.28. The van der Waals surface area contributed by atoms with Gasteiger partial charge in [-0.1, -0.05) is 45.7 Å². The van der Waals surface area contributed by atoms with E-state index in [1.807, 2.05) is 0 Å². The van der Waals surface area contributed by atoms with E-state index in [0.29, 0.717) is 0 Å². The Labute approximate surface area is 130 Å². The van der Waals surface area contributed by atoms with Crippen molar-refractivity contribution in [1.29, 1.82) is 0 Å². The van der Waals surface area contributed by atoms with E-state index in [1.54, 1.807) is 0 Å². The van der Waals surface area contributed by atoms with Crippen molar-refractivity contribution in [3.63, 3.8) is 0 Å². The maximum absolute atomic E-state index is 6.08. The monoisotopic (exact) mass is 291 g/mol. The first-order valence-electron chi connectivity index (χ1n) is 8.50. The lowest BCUT2D eigenvalue weighted by atomic mass is 10.1. The summed E-state index contributed by atoms with van der Waals surface area (Å²) in [5.41, 5.74) is 8.66. The summed E-state index contributed by atoms with van der Waals surface area (Å²) in [6.07, 6.45) is 4.66. The lowest BCUT2D eigenvalue weighted by molar-refractivity contribution is 0.308. The molecule has 0 saturated carbocycles. The van der Waals surface area contributed by atoms with Crippen LogP contribution in [0.2, 0.25) is 0 Å². The van der Waals surface area contributed by atoms with Gasteiger partial charge in [-0.2, -0.15) is 0 Å². The highest BCUT2D eigenvalue weighted by molar-refractivity contribution is 5.44. The highest BCUT2D eigenvalue weighted by Gasteiger charge is 2.03. The molecule has 3 heteroatoms. The van der Waals surface area contributed by atoms with Crippen molar-refractivity contribution in [2.75, 3.05) is 31.5 Å². The molecule has 0 aliphatic carbocycles. The summed E-state index contributed by atoms with van der Waals surface area (Å²) >= 11 is 0. The summed E-state index contributed by atoms with van der Waals surface area (Å²) in [6, 6.07) is 9.05. The molecular formula is C18H33N3. The Bertz CT molecular complexity index is 357. The number of hydrogen-bond donors (Lipinski definition) is 2. The third-order valence-corrected chi connectivity index (χ3v) is 4.06. The molecule has 0 heterocycles. The summed E-state index contributed by atoms with van der Waals surface area (Å²) in [4.78, 5) is 2.46. The van der Waals surface area contributed by atoms with Crippen molar-refractivity contribution in [2.45, 2.75) is 52.5 Å². The second-order valence-corrected chi connectivity index (χ2v) is 5.76. The Hall–Kier alpha value is -1.06. The van der Waals surface area contributed by atoms with Gasteiger partial charge in [0.05, 0.1) is 0 Å². The molecule has 0 aromatic heterocycles. The van der Waals surface area contributed by atoms with Crippen molar-refractivity contribution in [1.82, 2.24) is 4.90 Å². The predicted octanol–water partition coefficient (Wildman–Crippen LogP) is 3.50. The van der Waals surface area contributed by atoms with Crippen molar-refractivity contribution >= 4 is 5.69 Å². The van der Waals surface area contributed by atoms with Gasteiger partial charge < -0.3 is 16.0 Å². The maximum Gasteiger partial charge on any atom is 0.0340 e. The number of nitrogens with two attached hydrogens (primary N) is 1. The second-order valence-electron chi connectivity index (χ2n) is 5.76. The molecule has 0 saturated heterocycles. The summed E-state index contributed by atoms with van der Waals surface area (Å²) in [5, 5.41) is 3.43. The first-order valence-corrected chi connectivity index (χ1v) is 8.50.